The van der Waals surface area contributed by atoms with Crippen molar-refractivity contribution in [1.29, 1.82) is 0 Å². The number of aliphatic imine (C=N–C) groups is 1. The number of halogens is 1. The van der Waals surface area contributed by atoms with Crippen LogP contribution in [-0.4, -0.2) is 52.2 Å². The van der Waals surface area contributed by atoms with E-state index in [1.807, 2.05) is 17.6 Å². The highest BCUT2D eigenvalue weighted by molar-refractivity contribution is 8.14. The Hall–Kier alpha value is -2.14. The first-order valence-corrected chi connectivity index (χ1v) is 14.8. The van der Waals surface area contributed by atoms with Gasteiger partial charge >= 0.3 is 0 Å². The van der Waals surface area contributed by atoms with Crippen molar-refractivity contribution in [2.75, 3.05) is 23.9 Å². The first-order chi connectivity index (χ1) is 16.5. The number of rotatable bonds is 5. The molecule has 1 saturated heterocycles. The molecule has 2 aromatic heterocycles. The lowest BCUT2D eigenvalue weighted by atomic mass is 10.1. The van der Waals surface area contributed by atoms with Gasteiger partial charge in [0.25, 0.3) is 0 Å². The number of thioether (sulfide) groups is 1. The summed E-state index contributed by atoms with van der Waals surface area (Å²) >= 11 is 8.05. The Morgan fingerprint density at radius 2 is 2.00 bits per heavy atom. The molecule has 1 atom stereocenters. The maximum atomic E-state index is 12.8. The summed E-state index contributed by atoms with van der Waals surface area (Å²) < 4.78 is 33.5. The smallest absolute Gasteiger partial charge is 0.177 e. The molecule has 4 heterocycles. The second-order valence-electron chi connectivity index (χ2n) is 9.64. The molecule has 8 nitrogen and oxygen atoms in total. The number of fused-ring (bicyclic) bond motifs is 1. The number of hydrogen-bond acceptors (Lipinski definition) is 8. The quantitative estimate of drug-likeness (QED) is 0.431. The zero-order valence-electron chi connectivity index (χ0n) is 20.1. The molecular formula is C24H28ClN5O3S2. The van der Waals surface area contributed by atoms with E-state index in [0.29, 0.717) is 29.1 Å². The number of hydrogen-bond donors (Lipinski definition) is 1. The number of aryl methyl sites for hydroxylation is 1. The third-order valence-electron chi connectivity index (χ3n) is 6.10. The summed E-state index contributed by atoms with van der Waals surface area (Å²) in [6.07, 6.45) is 4.05. The van der Waals surface area contributed by atoms with E-state index >= 15 is 0 Å². The minimum Gasteiger partial charge on any atom is -0.358 e. The molecule has 1 unspecified atom stereocenters. The number of benzene rings is 1. The van der Waals surface area contributed by atoms with Gasteiger partial charge in [0.1, 0.15) is 22.7 Å². The van der Waals surface area contributed by atoms with Crippen molar-refractivity contribution in [1.82, 2.24) is 14.5 Å². The van der Waals surface area contributed by atoms with Crippen LogP contribution in [0.2, 0.25) is 5.15 Å². The maximum Gasteiger partial charge on any atom is 0.177 e. The van der Waals surface area contributed by atoms with Gasteiger partial charge in [-0.2, -0.15) is 0 Å². The van der Waals surface area contributed by atoms with Crippen LogP contribution in [0.25, 0.3) is 11.2 Å². The topological polar surface area (TPSA) is 98.5 Å². The number of nitrogens with zero attached hydrogens (tertiary/aromatic N) is 4. The predicted octanol–water partition coefficient (Wildman–Crippen LogP) is 5.51. The van der Waals surface area contributed by atoms with Gasteiger partial charge in [0.05, 0.1) is 26.9 Å². The fourth-order valence-corrected chi connectivity index (χ4v) is 6.66. The largest absolute Gasteiger partial charge is 0.358 e. The highest BCUT2D eigenvalue weighted by Gasteiger charge is 2.28. The molecule has 2 aliphatic rings. The second kappa shape index (κ2) is 9.06. The van der Waals surface area contributed by atoms with Gasteiger partial charge < -0.3 is 10.1 Å². The number of pyridine rings is 1. The third kappa shape index (κ3) is 4.94. The van der Waals surface area contributed by atoms with Crippen LogP contribution < -0.4 is 5.32 Å². The van der Waals surface area contributed by atoms with Crippen LogP contribution in [-0.2, 0) is 14.6 Å². The molecule has 11 heteroatoms. The molecule has 1 fully saturated rings. The summed E-state index contributed by atoms with van der Waals surface area (Å²) in [5, 5.41) is 4.41. The fraction of sp³-hybridized carbons (Fsp3) is 0.458. The first-order valence-electron chi connectivity index (χ1n) is 11.5. The molecule has 5 rings (SSSR count). The lowest BCUT2D eigenvalue weighted by molar-refractivity contribution is -0.0309. The van der Waals surface area contributed by atoms with E-state index < -0.39 is 9.84 Å². The highest BCUT2D eigenvalue weighted by Crippen LogP contribution is 2.36. The van der Waals surface area contributed by atoms with E-state index in [0.717, 1.165) is 41.4 Å². The van der Waals surface area contributed by atoms with Crippen LogP contribution in [0.15, 0.2) is 34.2 Å². The van der Waals surface area contributed by atoms with Gasteiger partial charge in [-0.25, -0.2) is 18.4 Å². The molecule has 3 aromatic rings. The monoisotopic (exact) mass is 533 g/mol. The van der Waals surface area contributed by atoms with E-state index in [-0.39, 0.29) is 21.8 Å². The minimum atomic E-state index is -3.54. The van der Waals surface area contributed by atoms with Crippen LogP contribution in [0, 0.1) is 6.92 Å². The standard InChI is InChI=1S/C24H28ClN5O3S2/c1-14-26-21-17(12-19(25)28-22(21)30(14)20-7-5-6-10-33-20)27-16-9-8-15(11-18(16)35(4,31)32)23-29-24(2,3)13-34-23/h8-9,11-12,20H,5-7,10,13H2,1-4H3,(H,27,28). The molecule has 2 aliphatic heterocycles. The number of anilines is 2. The predicted molar refractivity (Wildman–Crippen MR) is 142 cm³/mol. The highest BCUT2D eigenvalue weighted by atomic mass is 35.5. The number of imidazole rings is 1. The molecule has 0 spiro atoms. The van der Waals surface area contributed by atoms with Crippen LogP contribution in [0.1, 0.15) is 50.7 Å². The van der Waals surface area contributed by atoms with Gasteiger partial charge in [-0.1, -0.05) is 17.7 Å². The summed E-state index contributed by atoms with van der Waals surface area (Å²) in [5.41, 5.74) is 2.88. The Balaban J connectivity index is 1.58. The van der Waals surface area contributed by atoms with Crippen molar-refractivity contribution in [2.45, 2.75) is 56.7 Å². The van der Waals surface area contributed by atoms with Crippen molar-refractivity contribution in [3.8, 4) is 0 Å². The average molecular weight is 534 g/mol. The fourth-order valence-electron chi connectivity index (χ4n) is 4.45. The Morgan fingerprint density at radius 1 is 1.20 bits per heavy atom. The summed E-state index contributed by atoms with van der Waals surface area (Å²) in [5.74, 6) is 1.62. The summed E-state index contributed by atoms with van der Waals surface area (Å²) in [4.78, 5) is 14.2. The lowest BCUT2D eigenvalue weighted by Gasteiger charge is -2.25. The Morgan fingerprint density at radius 3 is 2.66 bits per heavy atom. The molecule has 35 heavy (non-hydrogen) atoms. The summed E-state index contributed by atoms with van der Waals surface area (Å²) in [7, 11) is -3.54. The van der Waals surface area contributed by atoms with Gasteiger partial charge in [0.15, 0.2) is 15.5 Å². The van der Waals surface area contributed by atoms with Gasteiger partial charge in [-0.15, -0.1) is 11.8 Å². The number of aromatic nitrogens is 3. The number of sulfone groups is 1. The van der Waals surface area contributed by atoms with Crippen molar-refractivity contribution in [2.24, 2.45) is 4.99 Å². The van der Waals surface area contributed by atoms with E-state index in [4.69, 9.17) is 26.3 Å². The number of ether oxygens (including phenoxy) is 1. The Bertz CT molecular complexity index is 1440. The van der Waals surface area contributed by atoms with E-state index in [1.54, 1.807) is 30.0 Å². The van der Waals surface area contributed by atoms with Crippen LogP contribution in [0.4, 0.5) is 11.4 Å². The SMILES string of the molecule is Cc1nc2c(Nc3ccc(C4=NC(C)(C)CS4)cc3S(C)(=O)=O)cc(Cl)nc2n1C1CCCCO1. The van der Waals surface area contributed by atoms with Gasteiger partial charge in [0, 0.05) is 30.2 Å². The molecule has 1 N–H and O–H groups in total. The zero-order valence-corrected chi connectivity index (χ0v) is 22.5. The molecule has 0 radical (unpaired) electrons. The average Bonchev–Trinajstić information content (AvgIpc) is 3.32. The normalized spacial score (nSPS) is 20.3. The molecule has 0 amide bonds. The third-order valence-corrected chi connectivity index (χ3v) is 8.88. The molecule has 0 saturated carbocycles. The number of nitrogens with one attached hydrogen (secondary N) is 1. The van der Waals surface area contributed by atoms with Crippen LogP contribution in [0.5, 0.6) is 0 Å². The second-order valence-corrected chi connectivity index (χ2v) is 13.0. The summed E-state index contributed by atoms with van der Waals surface area (Å²) in [6, 6.07) is 7.02. The van der Waals surface area contributed by atoms with Crippen molar-refractivity contribution in [3.63, 3.8) is 0 Å². The van der Waals surface area contributed by atoms with Crippen molar-refractivity contribution < 1.29 is 13.2 Å². The molecule has 0 bridgehead atoms. The van der Waals surface area contributed by atoms with Crippen molar-refractivity contribution >= 4 is 60.8 Å². The van der Waals surface area contributed by atoms with Crippen LogP contribution >= 0.6 is 23.4 Å². The van der Waals surface area contributed by atoms with Crippen LogP contribution in [0.3, 0.4) is 0 Å². The van der Waals surface area contributed by atoms with E-state index in [1.165, 1.54) is 6.26 Å². The van der Waals surface area contributed by atoms with Gasteiger partial charge in [0.2, 0.25) is 0 Å². The molecule has 1 aromatic carbocycles. The van der Waals surface area contributed by atoms with E-state index in [9.17, 15) is 8.42 Å². The first kappa shape index (κ1) is 24.5. The lowest BCUT2D eigenvalue weighted by Crippen LogP contribution is -2.19. The summed E-state index contributed by atoms with van der Waals surface area (Å²) in [6.45, 7) is 6.74. The maximum absolute atomic E-state index is 12.8. The van der Waals surface area contributed by atoms with Crippen molar-refractivity contribution in [3.05, 3.63) is 40.8 Å². The molecular weight excluding hydrogens is 506 g/mol. The molecule has 186 valence electrons. The Labute approximate surface area is 214 Å². The van der Waals surface area contributed by atoms with E-state index in [2.05, 4.69) is 24.1 Å². The molecule has 0 aliphatic carbocycles. The minimum absolute atomic E-state index is 0.146. The van der Waals surface area contributed by atoms with Gasteiger partial charge in [-0.05, 0) is 52.2 Å². The Kier molecular flexibility index (Phi) is 6.36. The van der Waals surface area contributed by atoms with Gasteiger partial charge in [-0.3, -0.25) is 9.56 Å². The zero-order chi connectivity index (χ0) is 25.0.